The van der Waals surface area contributed by atoms with Crippen molar-refractivity contribution in [3.8, 4) is 0 Å². The molecular formula is C27H43Br2ClN8O6S3. The molecule has 47 heavy (non-hydrogen) atoms. The lowest BCUT2D eigenvalue weighted by Crippen LogP contribution is -2.40. The Morgan fingerprint density at radius 3 is 1.28 bits per heavy atom. The molecule has 0 aromatic carbocycles. The van der Waals surface area contributed by atoms with E-state index in [1.807, 2.05) is 14.1 Å². The number of sulfonamides is 2. The third-order valence-electron chi connectivity index (χ3n) is 4.43. The van der Waals surface area contributed by atoms with Gasteiger partial charge in [0.15, 0.2) is 15.1 Å². The average molecular weight is 867 g/mol. The summed E-state index contributed by atoms with van der Waals surface area (Å²) in [5.41, 5.74) is 4.37. The van der Waals surface area contributed by atoms with Crippen molar-refractivity contribution in [1.82, 2.24) is 35.0 Å². The fourth-order valence-electron chi connectivity index (χ4n) is 2.81. The number of nitrogen functional groups attached to an aromatic ring is 1. The van der Waals surface area contributed by atoms with Crippen LogP contribution in [-0.4, -0.2) is 78.5 Å². The quantitative estimate of drug-likeness (QED) is 0.124. The van der Waals surface area contributed by atoms with Crippen molar-refractivity contribution in [3.05, 3.63) is 63.8 Å². The molecule has 0 radical (unpaired) electrons. The molecule has 0 aliphatic heterocycles. The van der Waals surface area contributed by atoms with E-state index in [-0.39, 0.29) is 20.9 Å². The van der Waals surface area contributed by atoms with Crippen LogP contribution in [0.15, 0.2) is 78.9 Å². The number of nitrogens with two attached hydrogens (primary N) is 1. The largest absolute Gasteiger partial charge is 0.384 e. The molecule has 0 saturated heterocycles. The predicted molar refractivity (Wildman–Crippen MR) is 194 cm³/mol. The first kappa shape index (κ1) is 45.2. The minimum absolute atomic E-state index is 0.0202. The van der Waals surface area contributed by atoms with Gasteiger partial charge in [0, 0.05) is 34.8 Å². The van der Waals surface area contributed by atoms with E-state index in [1.165, 1.54) is 24.3 Å². The number of rotatable bonds is 8. The first-order valence-electron chi connectivity index (χ1n) is 13.6. The molecule has 3 heterocycles. The van der Waals surface area contributed by atoms with E-state index in [4.69, 9.17) is 16.4 Å². The zero-order valence-electron chi connectivity index (χ0n) is 27.3. The number of likely N-dealkylation sites (N-methyl/N-ethyl adjacent to an activating group) is 2. The Balaban J connectivity index is 0.000000628. The number of aromatic nitrogens is 3. The summed E-state index contributed by atoms with van der Waals surface area (Å²) in [6.45, 7) is 12.7. The van der Waals surface area contributed by atoms with Gasteiger partial charge in [-0.05, 0) is 124 Å². The fourth-order valence-corrected chi connectivity index (χ4v) is 7.22. The maximum atomic E-state index is 11.8. The molecule has 3 rings (SSSR count). The molecule has 0 aliphatic rings. The molecule has 3 aromatic rings. The van der Waals surface area contributed by atoms with E-state index < -0.39 is 40.2 Å². The summed E-state index contributed by atoms with van der Waals surface area (Å²) in [7, 11) is -1.90. The van der Waals surface area contributed by atoms with Gasteiger partial charge in [-0.3, -0.25) is 0 Å². The van der Waals surface area contributed by atoms with Crippen molar-refractivity contribution in [2.75, 3.05) is 32.9 Å². The number of nitrogens with zero attached hydrogens (tertiary/aromatic N) is 3. The molecule has 3 aromatic heterocycles. The average Bonchev–Trinajstić information content (AvgIpc) is 2.90. The summed E-state index contributed by atoms with van der Waals surface area (Å²) in [6.07, 6.45) is 0. The third-order valence-corrected chi connectivity index (χ3v) is 9.83. The number of pyridine rings is 3. The molecule has 0 unspecified atom stereocenters. The smallest absolute Gasteiger partial charge is 0.278 e. The second-order valence-corrected chi connectivity index (χ2v) is 18.8. The SMILES string of the molecule is CC(C)(C)NS(=O)(=O)c1cccc(Br)n1.CC(C)(C)NS(=O)(=O)c1cccc(N)n1.CNCCNC.O=S(=O)(Cl)c1cccc(Br)n1. The molecule has 14 nitrogen and oxygen atoms in total. The minimum Gasteiger partial charge on any atom is -0.384 e. The van der Waals surface area contributed by atoms with Crippen molar-refractivity contribution < 1.29 is 25.3 Å². The Morgan fingerprint density at radius 1 is 0.638 bits per heavy atom. The molecule has 0 fully saturated rings. The monoisotopic (exact) mass is 864 g/mol. The highest BCUT2D eigenvalue weighted by Crippen LogP contribution is 2.15. The molecule has 0 amide bonds. The topological polar surface area (TPSA) is 215 Å². The van der Waals surface area contributed by atoms with Crippen molar-refractivity contribution >= 4 is 77.5 Å². The Morgan fingerprint density at radius 2 is 0.979 bits per heavy atom. The Labute approximate surface area is 300 Å². The minimum atomic E-state index is -3.69. The van der Waals surface area contributed by atoms with Crippen LogP contribution in [0.5, 0.6) is 0 Å². The van der Waals surface area contributed by atoms with Crippen LogP contribution in [-0.2, 0) is 29.1 Å². The van der Waals surface area contributed by atoms with Gasteiger partial charge in [0.25, 0.3) is 29.1 Å². The summed E-state index contributed by atoms with van der Waals surface area (Å²) in [5.74, 6) is 0.187. The number of hydrogen-bond donors (Lipinski definition) is 5. The number of anilines is 1. The molecule has 266 valence electrons. The van der Waals surface area contributed by atoms with Gasteiger partial charge in [0.05, 0.1) is 0 Å². The maximum absolute atomic E-state index is 11.8. The first-order valence-corrected chi connectivity index (χ1v) is 20.5. The van der Waals surface area contributed by atoms with Crippen LogP contribution < -0.4 is 25.8 Å². The van der Waals surface area contributed by atoms with E-state index >= 15 is 0 Å². The second-order valence-electron chi connectivity index (χ2n) is 11.4. The Bertz CT molecular complexity index is 1650. The summed E-state index contributed by atoms with van der Waals surface area (Å²) < 4.78 is 74.5. The van der Waals surface area contributed by atoms with E-state index in [0.717, 1.165) is 13.1 Å². The van der Waals surface area contributed by atoms with Gasteiger partial charge in [0.2, 0.25) is 0 Å². The summed E-state index contributed by atoms with van der Waals surface area (Å²) >= 11 is 6.15. The number of nitrogens with one attached hydrogen (secondary N) is 4. The van der Waals surface area contributed by atoms with Gasteiger partial charge < -0.3 is 16.4 Å². The van der Waals surface area contributed by atoms with Crippen molar-refractivity contribution in [3.63, 3.8) is 0 Å². The van der Waals surface area contributed by atoms with Crippen LogP contribution in [0.3, 0.4) is 0 Å². The standard InChI is InChI=1S/C9H13BrN2O2S.C9H15N3O2S.C5H3BrClNO2S.C4H12N2/c2*1-9(2,3)12-15(13,14)8-6-4-5-7(10)11-8;6-4-2-1-3-5(8-4)11(7,9)10;1-5-3-4-6-2/h4-6,12H,1-3H3;4-6,12H,1-3H3,(H2,10,11);1-3H;5-6H,3-4H2,1-2H3. The molecular weight excluding hydrogens is 824 g/mol. The maximum Gasteiger partial charge on any atom is 0.278 e. The van der Waals surface area contributed by atoms with Gasteiger partial charge in [-0.15, -0.1) is 0 Å². The zero-order valence-corrected chi connectivity index (χ0v) is 33.7. The van der Waals surface area contributed by atoms with E-state index in [9.17, 15) is 25.3 Å². The van der Waals surface area contributed by atoms with Crippen molar-refractivity contribution in [2.45, 2.75) is 67.7 Å². The molecule has 0 spiro atoms. The van der Waals surface area contributed by atoms with Crippen LogP contribution in [0.25, 0.3) is 0 Å². The molecule has 20 heteroatoms. The summed E-state index contributed by atoms with van der Waals surface area (Å²) in [4.78, 5) is 11.3. The van der Waals surface area contributed by atoms with Crippen molar-refractivity contribution in [1.29, 1.82) is 0 Å². The summed E-state index contributed by atoms with van der Waals surface area (Å²) in [5, 5.41) is 5.83. The van der Waals surface area contributed by atoms with Gasteiger partial charge >= 0.3 is 0 Å². The second kappa shape index (κ2) is 20.0. The van der Waals surface area contributed by atoms with Gasteiger partial charge in [-0.25, -0.2) is 49.6 Å². The highest BCUT2D eigenvalue weighted by Gasteiger charge is 2.24. The van der Waals surface area contributed by atoms with Crippen LogP contribution in [0, 0.1) is 0 Å². The van der Waals surface area contributed by atoms with E-state index in [1.54, 1.807) is 71.9 Å². The number of halogens is 3. The van der Waals surface area contributed by atoms with Crippen LogP contribution in [0.1, 0.15) is 41.5 Å². The first-order chi connectivity index (χ1) is 21.3. The molecule has 0 atom stereocenters. The van der Waals surface area contributed by atoms with Gasteiger partial charge in [-0.1, -0.05) is 18.2 Å². The molecule has 0 aliphatic carbocycles. The fraction of sp³-hybridized carbons (Fsp3) is 0.444. The highest BCUT2D eigenvalue weighted by atomic mass is 79.9. The molecule has 0 saturated carbocycles. The normalized spacial score (nSPS) is 12.0. The van der Waals surface area contributed by atoms with Gasteiger partial charge in [0.1, 0.15) is 15.0 Å². The van der Waals surface area contributed by atoms with Crippen LogP contribution in [0.2, 0.25) is 0 Å². The Hall–Kier alpha value is -1.81. The number of hydrogen-bond acceptors (Lipinski definition) is 12. The predicted octanol–water partition coefficient (Wildman–Crippen LogP) is 3.86. The Kier molecular flexibility index (Phi) is 19.2. The lowest BCUT2D eigenvalue weighted by molar-refractivity contribution is 0.488. The zero-order chi connectivity index (χ0) is 36.7. The van der Waals surface area contributed by atoms with Gasteiger partial charge in [-0.2, -0.15) is 0 Å². The van der Waals surface area contributed by atoms with Crippen molar-refractivity contribution in [2.24, 2.45) is 0 Å². The summed E-state index contributed by atoms with van der Waals surface area (Å²) in [6, 6.07) is 13.8. The lowest BCUT2D eigenvalue weighted by Gasteiger charge is -2.19. The molecule has 0 bridgehead atoms. The van der Waals surface area contributed by atoms with E-state index in [2.05, 4.69) is 66.9 Å². The third kappa shape index (κ3) is 21.0. The lowest BCUT2D eigenvalue weighted by atomic mass is 10.1. The highest BCUT2D eigenvalue weighted by molar-refractivity contribution is 9.10. The van der Waals surface area contributed by atoms with E-state index in [0.29, 0.717) is 9.21 Å². The van der Waals surface area contributed by atoms with Crippen LogP contribution >= 0.6 is 42.5 Å². The molecule has 6 N–H and O–H groups in total. The van der Waals surface area contributed by atoms with Crippen LogP contribution in [0.4, 0.5) is 5.82 Å².